The number of alkyl halides is 1. The van der Waals surface area contributed by atoms with Crippen molar-refractivity contribution in [2.75, 3.05) is 7.11 Å². The molecule has 1 atom stereocenters. The maximum atomic E-state index is 10.5. The van der Waals surface area contributed by atoms with E-state index in [2.05, 4.69) is 9.47 Å². The van der Waals surface area contributed by atoms with E-state index in [0.717, 1.165) is 0 Å². The van der Waals surface area contributed by atoms with Crippen LogP contribution in [0.2, 0.25) is 0 Å². The van der Waals surface area contributed by atoms with Crippen LogP contribution < -0.4 is 0 Å². The van der Waals surface area contributed by atoms with E-state index in [4.69, 9.17) is 11.6 Å². The Bertz CT molecular complexity index is 122. The number of ether oxygens (including phenoxy) is 2. The molecular formula is C6H11ClO3. The van der Waals surface area contributed by atoms with Crippen molar-refractivity contribution in [3.05, 3.63) is 0 Å². The zero-order valence-electron chi connectivity index (χ0n) is 6.31. The van der Waals surface area contributed by atoms with Crippen LogP contribution in [0.1, 0.15) is 20.3 Å². The highest BCUT2D eigenvalue weighted by Gasteiger charge is 2.23. The molecule has 10 heavy (non-hydrogen) atoms. The third kappa shape index (κ3) is 3.56. The molecule has 0 rings (SSSR count). The van der Waals surface area contributed by atoms with Crippen molar-refractivity contribution >= 4 is 17.8 Å². The lowest BCUT2D eigenvalue weighted by atomic mass is 10.3. The Morgan fingerprint density at radius 1 is 1.70 bits per heavy atom. The van der Waals surface area contributed by atoms with Crippen molar-refractivity contribution in [3.8, 4) is 0 Å². The fourth-order valence-electron chi connectivity index (χ4n) is 0.288. The van der Waals surface area contributed by atoms with Gasteiger partial charge in [-0.25, -0.2) is 4.79 Å². The molecule has 1 unspecified atom stereocenters. The minimum Gasteiger partial charge on any atom is -0.438 e. The van der Waals surface area contributed by atoms with E-state index < -0.39 is 11.2 Å². The van der Waals surface area contributed by atoms with Gasteiger partial charge in [0.15, 0.2) is 5.06 Å². The lowest BCUT2D eigenvalue weighted by Crippen LogP contribution is -2.23. The molecule has 0 saturated carbocycles. The van der Waals surface area contributed by atoms with Crippen LogP contribution in [0.25, 0.3) is 0 Å². The van der Waals surface area contributed by atoms with Crippen LogP contribution >= 0.6 is 11.6 Å². The Morgan fingerprint density at radius 2 is 2.20 bits per heavy atom. The summed E-state index contributed by atoms with van der Waals surface area (Å²) < 4.78 is 8.88. The molecule has 0 aliphatic rings. The molecule has 60 valence electrons. The molecule has 0 heterocycles. The normalized spacial score (nSPS) is 15.6. The van der Waals surface area contributed by atoms with Gasteiger partial charge in [0, 0.05) is 0 Å². The second-order valence-electron chi connectivity index (χ2n) is 2.01. The summed E-state index contributed by atoms with van der Waals surface area (Å²) in [6.45, 7) is 3.42. The molecule has 3 nitrogen and oxygen atoms in total. The van der Waals surface area contributed by atoms with E-state index in [9.17, 15) is 4.79 Å². The van der Waals surface area contributed by atoms with Crippen LogP contribution in [-0.4, -0.2) is 18.3 Å². The topological polar surface area (TPSA) is 35.5 Å². The van der Waals surface area contributed by atoms with Gasteiger partial charge in [-0.05, 0) is 13.3 Å². The molecule has 4 heteroatoms. The molecule has 0 aliphatic carbocycles. The number of methoxy groups -OCH3 is 1. The molecule has 0 saturated heterocycles. The molecule has 0 amide bonds. The van der Waals surface area contributed by atoms with Crippen LogP contribution in [0.3, 0.4) is 0 Å². The second kappa shape index (κ2) is 3.66. The second-order valence-corrected chi connectivity index (χ2v) is 2.81. The Balaban J connectivity index is 3.76. The van der Waals surface area contributed by atoms with Crippen molar-refractivity contribution < 1.29 is 14.3 Å². The van der Waals surface area contributed by atoms with Crippen molar-refractivity contribution in [2.24, 2.45) is 0 Å². The van der Waals surface area contributed by atoms with Crippen LogP contribution in [0.4, 0.5) is 4.79 Å². The number of carbonyl (C=O) groups is 1. The highest BCUT2D eigenvalue weighted by Crippen LogP contribution is 2.20. The first kappa shape index (κ1) is 9.56. The summed E-state index contributed by atoms with van der Waals surface area (Å²) in [4.78, 5) is 10.5. The van der Waals surface area contributed by atoms with E-state index in [0.29, 0.717) is 6.42 Å². The summed E-state index contributed by atoms with van der Waals surface area (Å²) in [5, 5.41) is -0.937. The van der Waals surface area contributed by atoms with Crippen LogP contribution in [0.5, 0.6) is 0 Å². The van der Waals surface area contributed by atoms with Crippen molar-refractivity contribution in [2.45, 2.75) is 25.3 Å². The minimum atomic E-state index is -0.937. The maximum absolute atomic E-state index is 10.5. The highest BCUT2D eigenvalue weighted by molar-refractivity contribution is 6.23. The molecule has 0 aliphatic heterocycles. The summed E-state index contributed by atoms with van der Waals surface area (Å²) in [5.41, 5.74) is 0. The Hall–Kier alpha value is -0.440. The third-order valence-electron chi connectivity index (χ3n) is 1.09. The first-order chi connectivity index (χ1) is 4.52. The number of carbonyl (C=O) groups excluding carboxylic acids is 1. The maximum Gasteiger partial charge on any atom is 0.509 e. The lowest BCUT2D eigenvalue weighted by molar-refractivity contribution is 0.0239. The zero-order chi connectivity index (χ0) is 8.20. The quantitative estimate of drug-likeness (QED) is 0.466. The molecule has 0 radical (unpaired) electrons. The van der Waals surface area contributed by atoms with Gasteiger partial charge in [0.2, 0.25) is 0 Å². The number of rotatable bonds is 2. The average Bonchev–Trinajstić information content (AvgIpc) is 1.87. The van der Waals surface area contributed by atoms with Gasteiger partial charge in [-0.2, -0.15) is 0 Å². The van der Waals surface area contributed by atoms with Crippen molar-refractivity contribution in [1.82, 2.24) is 0 Å². The average molecular weight is 167 g/mol. The Morgan fingerprint density at radius 3 is 2.50 bits per heavy atom. The first-order valence-electron chi connectivity index (χ1n) is 2.97. The SMILES string of the molecule is CCC(C)(Cl)OC(=O)OC. The summed E-state index contributed by atoms with van der Waals surface area (Å²) in [7, 11) is 1.24. The fourth-order valence-corrected chi connectivity index (χ4v) is 0.351. The third-order valence-corrected chi connectivity index (χ3v) is 1.44. The largest absolute Gasteiger partial charge is 0.509 e. The van der Waals surface area contributed by atoms with Gasteiger partial charge in [0.1, 0.15) is 0 Å². The monoisotopic (exact) mass is 166 g/mol. The molecular weight excluding hydrogens is 156 g/mol. The highest BCUT2D eigenvalue weighted by atomic mass is 35.5. The standard InChI is InChI=1S/C6H11ClO3/c1-4-6(2,7)10-5(8)9-3/h4H2,1-3H3. The van der Waals surface area contributed by atoms with E-state index in [1.807, 2.05) is 6.92 Å². The summed E-state index contributed by atoms with van der Waals surface area (Å²) in [6.07, 6.45) is -0.205. The molecule has 0 bridgehead atoms. The Labute approximate surface area is 65.3 Å². The Kier molecular flexibility index (Phi) is 3.50. The van der Waals surface area contributed by atoms with Gasteiger partial charge >= 0.3 is 6.16 Å². The van der Waals surface area contributed by atoms with Crippen molar-refractivity contribution in [1.29, 1.82) is 0 Å². The van der Waals surface area contributed by atoms with E-state index in [1.54, 1.807) is 6.92 Å². The van der Waals surface area contributed by atoms with Gasteiger partial charge in [-0.1, -0.05) is 18.5 Å². The summed E-state index contributed by atoms with van der Waals surface area (Å²) in [5.74, 6) is 0. The number of hydrogen-bond donors (Lipinski definition) is 0. The smallest absolute Gasteiger partial charge is 0.438 e. The van der Waals surface area contributed by atoms with Gasteiger partial charge in [-0.15, -0.1) is 0 Å². The molecule has 0 N–H and O–H groups in total. The van der Waals surface area contributed by atoms with Gasteiger partial charge in [0.25, 0.3) is 0 Å². The summed E-state index contributed by atoms with van der Waals surface area (Å²) >= 11 is 5.67. The van der Waals surface area contributed by atoms with E-state index in [-0.39, 0.29) is 0 Å². The predicted octanol–water partition coefficient (Wildman–Crippen LogP) is 2.13. The van der Waals surface area contributed by atoms with Crippen molar-refractivity contribution in [3.63, 3.8) is 0 Å². The number of halogens is 1. The van der Waals surface area contributed by atoms with Gasteiger partial charge < -0.3 is 9.47 Å². The molecule has 0 aromatic rings. The van der Waals surface area contributed by atoms with Crippen LogP contribution in [-0.2, 0) is 9.47 Å². The van der Waals surface area contributed by atoms with Crippen LogP contribution in [0.15, 0.2) is 0 Å². The lowest BCUT2D eigenvalue weighted by Gasteiger charge is -2.18. The van der Waals surface area contributed by atoms with E-state index >= 15 is 0 Å². The van der Waals surface area contributed by atoms with Gasteiger partial charge in [-0.3, -0.25) is 0 Å². The summed E-state index contributed by atoms with van der Waals surface area (Å²) in [6, 6.07) is 0. The first-order valence-corrected chi connectivity index (χ1v) is 3.35. The predicted molar refractivity (Wildman–Crippen MR) is 38.0 cm³/mol. The molecule has 0 aromatic heterocycles. The van der Waals surface area contributed by atoms with E-state index in [1.165, 1.54) is 7.11 Å². The van der Waals surface area contributed by atoms with Gasteiger partial charge in [0.05, 0.1) is 7.11 Å². The molecule has 0 spiro atoms. The number of hydrogen-bond acceptors (Lipinski definition) is 3. The zero-order valence-corrected chi connectivity index (χ0v) is 7.07. The van der Waals surface area contributed by atoms with Crippen LogP contribution in [0, 0.1) is 0 Å². The molecule has 0 fully saturated rings. The molecule has 0 aromatic carbocycles. The fraction of sp³-hybridized carbons (Fsp3) is 0.833. The minimum absolute atomic E-state index is 0.545.